The molecule has 3 nitrogen and oxygen atoms in total. The van der Waals surface area contributed by atoms with Gasteiger partial charge in [0.25, 0.3) is 0 Å². The van der Waals surface area contributed by atoms with Crippen molar-refractivity contribution in [3.63, 3.8) is 0 Å². The lowest BCUT2D eigenvalue weighted by atomic mass is 10.0. The molecule has 0 heterocycles. The third kappa shape index (κ3) is 6.84. The van der Waals surface area contributed by atoms with Gasteiger partial charge in [0, 0.05) is 0 Å². The minimum absolute atomic E-state index is 0.194. The standard InChI is InChI=1S/C12H17NO2.CH2Cl2/c1-9-4-6-10(7-5-9)8-11(12(14)15)13(2)3;2-1-3/h4-7,11H,8H2,1-3H3,(H,14,15);1H2. The molecule has 0 aliphatic rings. The molecule has 1 unspecified atom stereocenters. The Morgan fingerprint density at radius 3 is 2.06 bits per heavy atom. The van der Waals surface area contributed by atoms with Gasteiger partial charge in [-0.15, -0.1) is 23.2 Å². The maximum absolute atomic E-state index is 11.0. The Balaban J connectivity index is 0.000000873. The summed E-state index contributed by atoms with van der Waals surface area (Å²) in [5, 5.41) is 9.21. The van der Waals surface area contributed by atoms with Crippen molar-refractivity contribution in [2.45, 2.75) is 19.4 Å². The third-order valence-corrected chi connectivity index (χ3v) is 2.46. The van der Waals surface area contributed by atoms with Crippen LogP contribution < -0.4 is 0 Å². The average molecular weight is 292 g/mol. The molecule has 0 bridgehead atoms. The number of carbonyl (C=O) groups is 1. The van der Waals surface area contributed by atoms with E-state index in [9.17, 15) is 4.79 Å². The number of alkyl halides is 2. The van der Waals surface area contributed by atoms with Crippen LogP contribution in [0, 0.1) is 6.92 Å². The van der Waals surface area contributed by atoms with E-state index in [1.165, 1.54) is 5.56 Å². The van der Waals surface area contributed by atoms with E-state index in [-0.39, 0.29) is 5.34 Å². The molecule has 102 valence electrons. The van der Waals surface area contributed by atoms with Crippen LogP contribution in [0.25, 0.3) is 0 Å². The van der Waals surface area contributed by atoms with E-state index < -0.39 is 12.0 Å². The molecular formula is C13H19Cl2NO2. The zero-order valence-corrected chi connectivity index (χ0v) is 12.4. The van der Waals surface area contributed by atoms with Gasteiger partial charge < -0.3 is 5.11 Å². The second-order valence-corrected chi connectivity index (χ2v) is 4.92. The summed E-state index contributed by atoms with van der Waals surface area (Å²) in [5.41, 5.74) is 2.25. The van der Waals surface area contributed by atoms with E-state index in [1.54, 1.807) is 19.0 Å². The van der Waals surface area contributed by atoms with Crippen LogP contribution in [0.5, 0.6) is 0 Å². The van der Waals surface area contributed by atoms with E-state index in [1.807, 2.05) is 31.2 Å². The second-order valence-electron chi connectivity index (χ2n) is 4.11. The van der Waals surface area contributed by atoms with Crippen LogP contribution in [0.4, 0.5) is 0 Å². The Hall–Kier alpha value is -0.770. The lowest BCUT2D eigenvalue weighted by Crippen LogP contribution is -2.37. The first-order chi connectivity index (χ1) is 8.42. The van der Waals surface area contributed by atoms with Crippen molar-refractivity contribution in [2.75, 3.05) is 19.4 Å². The molecule has 5 heteroatoms. The highest BCUT2D eigenvalue weighted by Crippen LogP contribution is 2.08. The van der Waals surface area contributed by atoms with Crippen molar-refractivity contribution in [2.24, 2.45) is 0 Å². The van der Waals surface area contributed by atoms with Crippen molar-refractivity contribution < 1.29 is 9.90 Å². The van der Waals surface area contributed by atoms with E-state index in [0.717, 1.165) is 5.56 Å². The normalized spacial score (nSPS) is 11.7. The number of nitrogens with zero attached hydrogens (tertiary/aromatic N) is 1. The molecule has 1 aromatic carbocycles. The molecular weight excluding hydrogens is 273 g/mol. The molecule has 1 atom stereocenters. The number of carboxylic acids is 1. The molecule has 1 rings (SSSR count). The summed E-state index contributed by atoms with van der Waals surface area (Å²) in [6, 6.07) is 7.52. The highest BCUT2D eigenvalue weighted by molar-refractivity contribution is 6.40. The predicted molar refractivity (Wildman–Crippen MR) is 76.6 cm³/mol. The molecule has 0 amide bonds. The first-order valence-electron chi connectivity index (χ1n) is 5.49. The molecule has 1 N–H and O–H groups in total. The number of aryl methyl sites for hydroxylation is 1. The van der Waals surface area contributed by atoms with Gasteiger partial charge in [0.05, 0.1) is 5.34 Å². The Labute approximate surface area is 118 Å². The molecule has 0 saturated heterocycles. The van der Waals surface area contributed by atoms with E-state index in [4.69, 9.17) is 28.3 Å². The fraction of sp³-hybridized carbons (Fsp3) is 0.462. The molecule has 0 fully saturated rings. The summed E-state index contributed by atoms with van der Waals surface area (Å²) in [6.07, 6.45) is 0.544. The largest absolute Gasteiger partial charge is 0.480 e. The van der Waals surface area contributed by atoms with E-state index in [2.05, 4.69) is 0 Å². The average Bonchev–Trinajstić information content (AvgIpc) is 2.28. The quantitative estimate of drug-likeness (QED) is 0.867. The Bertz CT molecular complexity index is 353. The van der Waals surface area contributed by atoms with Gasteiger partial charge in [0.2, 0.25) is 0 Å². The molecule has 18 heavy (non-hydrogen) atoms. The Morgan fingerprint density at radius 1 is 1.28 bits per heavy atom. The van der Waals surface area contributed by atoms with Crippen LogP contribution in [-0.4, -0.2) is 41.5 Å². The third-order valence-electron chi connectivity index (χ3n) is 2.46. The Kier molecular flexibility index (Phi) is 8.81. The van der Waals surface area contributed by atoms with Crippen LogP contribution in [0.1, 0.15) is 11.1 Å². The molecule has 0 aliphatic heterocycles. The van der Waals surface area contributed by atoms with Gasteiger partial charge in [-0.2, -0.15) is 0 Å². The van der Waals surface area contributed by atoms with Crippen LogP contribution in [-0.2, 0) is 11.2 Å². The number of rotatable bonds is 4. The van der Waals surface area contributed by atoms with Crippen LogP contribution in [0.15, 0.2) is 24.3 Å². The summed E-state index contributed by atoms with van der Waals surface area (Å²) in [4.78, 5) is 12.7. The fourth-order valence-corrected chi connectivity index (χ4v) is 1.44. The first kappa shape index (κ1) is 17.2. The van der Waals surface area contributed by atoms with Gasteiger partial charge in [-0.1, -0.05) is 29.8 Å². The van der Waals surface area contributed by atoms with Gasteiger partial charge in [-0.3, -0.25) is 9.69 Å². The number of aliphatic carboxylic acids is 1. The molecule has 0 saturated carbocycles. The molecule has 0 radical (unpaired) electrons. The van der Waals surface area contributed by atoms with Crippen LogP contribution in [0.3, 0.4) is 0 Å². The number of hydrogen-bond acceptors (Lipinski definition) is 2. The van der Waals surface area contributed by atoms with Crippen molar-refractivity contribution in [3.05, 3.63) is 35.4 Å². The summed E-state index contributed by atoms with van der Waals surface area (Å²) in [7, 11) is 3.57. The second kappa shape index (κ2) is 9.20. The van der Waals surface area contributed by atoms with Crippen molar-refractivity contribution in [1.82, 2.24) is 4.90 Å². The first-order valence-corrected chi connectivity index (χ1v) is 6.56. The highest BCUT2D eigenvalue weighted by atomic mass is 35.5. The Morgan fingerprint density at radius 2 is 1.72 bits per heavy atom. The number of halogens is 2. The van der Waals surface area contributed by atoms with Gasteiger partial charge in [-0.25, -0.2) is 0 Å². The number of benzene rings is 1. The lowest BCUT2D eigenvalue weighted by molar-refractivity contribution is -0.142. The maximum atomic E-state index is 11.0. The smallest absolute Gasteiger partial charge is 0.321 e. The topological polar surface area (TPSA) is 40.5 Å². The van der Waals surface area contributed by atoms with E-state index >= 15 is 0 Å². The maximum Gasteiger partial charge on any atom is 0.321 e. The number of carboxylic acid groups (broad SMARTS) is 1. The summed E-state index contributed by atoms with van der Waals surface area (Å²) in [6.45, 7) is 2.02. The lowest BCUT2D eigenvalue weighted by Gasteiger charge is -2.19. The van der Waals surface area contributed by atoms with Gasteiger partial charge in [0.15, 0.2) is 0 Å². The van der Waals surface area contributed by atoms with Gasteiger partial charge in [0.1, 0.15) is 6.04 Å². The van der Waals surface area contributed by atoms with Gasteiger partial charge >= 0.3 is 5.97 Å². The van der Waals surface area contributed by atoms with Crippen molar-refractivity contribution >= 4 is 29.2 Å². The van der Waals surface area contributed by atoms with Crippen LogP contribution in [0.2, 0.25) is 0 Å². The number of likely N-dealkylation sites (N-methyl/N-ethyl adjacent to an activating group) is 1. The monoisotopic (exact) mass is 291 g/mol. The van der Waals surface area contributed by atoms with Crippen LogP contribution >= 0.6 is 23.2 Å². The molecule has 0 spiro atoms. The summed E-state index contributed by atoms with van der Waals surface area (Å²) < 4.78 is 0. The van der Waals surface area contributed by atoms with Gasteiger partial charge in [-0.05, 0) is 33.0 Å². The van der Waals surface area contributed by atoms with Crippen molar-refractivity contribution in [3.8, 4) is 0 Å². The molecule has 1 aromatic rings. The predicted octanol–water partition coefficient (Wildman–Crippen LogP) is 2.97. The highest BCUT2D eigenvalue weighted by Gasteiger charge is 2.19. The minimum atomic E-state index is -0.777. The fourth-order valence-electron chi connectivity index (χ4n) is 1.44. The summed E-state index contributed by atoms with van der Waals surface area (Å²) in [5.74, 6) is -0.777. The minimum Gasteiger partial charge on any atom is -0.480 e. The molecule has 0 aliphatic carbocycles. The van der Waals surface area contributed by atoms with E-state index in [0.29, 0.717) is 6.42 Å². The summed E-state index contributed by atoms with van der Waals surface area (Å²) >= 11 is 9.53. The zero-order chi connectivity index (χ0) is 14.1. The molecule has 0 aromatic heterocycles. The van der Waals surface area contributed by atoms with Crippen molar-refractivity contribution in [1.29, 1.82) is 0 Å². The SMILES string of the molecule is Cc1ccc(CC(C(=O)O)N(C)C)cc1.ClCCl. The number of hydrogen-bond donors (Lipinski definition) is 1. The zero-order valence-electron chi connectivity index (χ0n) is 10.9.